The molecule has 0 unspecified atom stereocenters. The Morgan fingerprint density at radius 1 is 1.32 bits per heavy atom. The number of anilines is 1. The van der Waals surface area contributed by atoms with Crippen LogP contribution in [0.25, 0.3) is 0 Å². The lowest BCUT2D eigenvalue weighted by Crippen LogP contribution is -2.27. The fourth-order valence-corrected chi connectivity index (χ4v) is 2.37. The molecule has 0 bridgehead atoms. The first-order valence-electron chi connectivity index (χ1n) is 5.51. The minimum atomic E-state index is -5.41. The van der Waals surface area contributed by atoms with Crippen molar-refractivity contribution in [1.29, 1.82) is 0 Å². The van der Waals surface area contributed by atoms with E-state index in [9.17, 15) is 21.6 Å². The summed E-state index contributed by atoms with van der Waals surface area (Å²) in [5.74, 6) is 0. The number of para-hydroxylation sites is 1. The normalized spacial score (nSPS) is 14.2. The van der Waals surface area contributed by atoms with Gasteiger partial charge < -0.3 is 10.4 Å². The van der Waals surface area contributed by atoms with Gasteiger partial charge in [0.15, 0.2) is 0 Å². The van der Waals surface area contributed by atoms with Gasteiger partial charge in [0.05, 0.1) is 17.2 Å². The van der Waals surface area contributed by atoms with Crippen molar-refractivity contribution in [3.05, 3.63) is 24.3 Å². The highest BCUT2D eigenvalue weighted by Gasteiger charge is 2.47. The van der Waals surface area contributed by atoms with Gasteiger partial charge in [-0.1, -0.05) is 19.1 Å². The van der Waals surface area contributed by atoms with E-state index in [0.717, 1.165) is 6.07 Å². The molecule has 19 heavy (non-hydrogen) atoms. The van der Waals surface area contributed by atoms with Crippen LogP contribution >= 0.6 is 0 Å². The number of alkyl halides is 3. The van der Waals surface area contributed by atoms with Crippen molar-refractivity contribution in [2.45, 2.75) is 29.8 Å². The van der Waals surface area contributed by atoms with E-state index < -0.39 is 26.3 Å². The van der Waals surface area contributed by atoms with Crippen molar-refractivity contribution >= 4 is 15.5 Å². The molecule has 0 heterocycles. The summed E-state index contributed by atoms with van der Waals surface area (Å²) in [6.45, 7) is 1.41. The van der Waals surface area contributed by atoms with Gasteiger partial charge in [0, 0.05) is 6.04 Å². The summed E-state index contributed by atoms with van der Waals surface area (Å²) in [6, 6.07) is 4.24. The zero-order valence-corrected chi connectivity index (χ0v) is 10.9. The Morgan fingerprint density at radius 2 is 1.89 bits per heavy atom. The van der Waals surface area contributed by atoms with E-state index in [4.69, 9.17) is 5.11 Å². The van der Waals surface area contributed by atoms with Crippen molar-refractivity contribution in [1.82, 2.24) is 0 Å². The molecule has 108 valence electrons. The zero-order chi connectivity index (χ0) is 14.7. The summed E-state index contributed by atoms with van der Waals surface area (Å²) in [4.78, 5) is -0.839. The van der Waals surface area contributed by atoms with Crippen LogP contribution in [0.5, 0.6) is 0 Å². The van der Waals surface area contributed by atoms with E-state index in [0.29, 0.717) is 6.42 Å². The number of nitrogens with one attached hydrogen (secondary N) is 1. The largest absolute Gasteiger partial charge is 0.501 e. The van der Waals surface area contributed by atoms with Gasteiger partial charge in [-0.25, -0.2) is 8.42 Å². The minimum Gasteiger partial charge on any atom is -0.394 e. The molecule has 1 rings (SSSR count). The first kappa shape index (κ1) is 15.8. The number of aliphatic hydroxyl groups excluding tert-OH is 1. The van der Waals surface area contributed by atoms with Gasteiger partial charge in [0.25, 0.3) is 9.84 Å². The Bertz CT molecular complexity index is 524. The van der Waals surface area contributed by atoms with Crippen LogP contribution in [-0.4, -0.2) is 31.7 Å². The van der Waals surface area contributed by atoms with Crippen LogP contribution in [0.2, 0.25) is 0 Å². The molecule has 0 radical (unpaired) electrons. The molecule has 4 nitrogen and oxygen atoms in total. The van der Waals surface area contributed by atoms with Crippen LogP contribution < -0.4 is 5.32 Å². The lowest BCUT2D eigenvalue weighted by atomic mass is 10.2. The van der Waals surface area contributed by atoms with Crippen molar-refractivity contribution in [3.8, 4) is 0 Å². The van der Waals surface area contributed by atoms with Crippen molar-refractivity contribution in [3.63, 3.8) is 0 Å². The van der Waals surface area contributed by atoms with Crippen LogP contribution in [0.15, 0.2) is 29.2 Å². The van der Waals surface area contributed by atoms with E-state index in [1.165, 1.54) is 18.2 Å². The average molecular weight is 297 g/mol. The molecule has 0 aromatic heterocycles. The first-order chi connectivity index (χ1) is 8.74. The molecule has 1 atom stereocenters. The highest BCUT2D eigenvalue weighted by Crippen LogP contribution is 2.34. The molecule has 0 aliphatic rings. The smallest absolute Gasteiger partial charge is 0.394 e. The van der Waals surface area contributed by atoms with Gasteiger partial charge in [0.2, 0.25) is 0 Å². The maximum absolute atomic E-state index is 12.5. The molecule has 1 aromatic carbocycles. The van der Waals surface area contributed by atoms with Crippen molar-refractivity contribution in [2.75, 3.05) is 11.9 Å². The van der Waals surface area contributed by atoms with Gasteiger partial charge in [-0.15, -0.1) is 0 Å². The molecule has 8 heteroatoms. The maximum Gasteiger partial charge on any atom is 0.501 e. The van der Waals surface area contributed by atoms with Crippen LogP contribution in [0.4, 0.5) is 18.9 Å². The van der Waals surface area contributed by atoms with E-state index >= 15 is 0 Å². The number of rotatable bonds is 5. The van der Waals surface area contributed by atoms with E-state index in [2.05, 4.69) is 5.32 Å². The van der Waals surface area contributed by atoms with Crippen molar-refractivity contribution in [2.24, 2.45) is 0 Å². The van der Waals surface area contributed by atoms with Gasteiger partial charge in [-0.2, -0.15) is 13.2 Å². The third kappa shape index (κ3) is 3.38. The van der Waals surface area contributed by atoms with Gasteiger partial charge in [0.1, 0.15) is 0 Å². The molecule has 0 spiro atoms. The van der Waals surface area contributed by atoms with Crippen LogP contribution in [0.1, 0.15) is 13.3 Å². The number of halogens is 3. The molecule has 0 fully saturated rings. The summed E-state index contributed by atoms with van der Waals surface area (Å²) in [5, 5.41) is 11.6. The van der Waals surface area contributed by atoms with E-state index in [-0.39, 0.29) is 12.3 Å². The zero-order valence-electron chi connectivity index (χ0n) is 10.1. The molecule has 0 saturated carbocycles. The number of benzene rings is 1. The van der Waals surface area contributed by atoms with Crippen LogP contribution in [-0.2, 0) is 9.84 Å². The fourth-order valence-electron chi connectivity index (χ4n) is 1.44. The molecule has 0 saturated heterocycles. The monoisotopic (exact) mass is 297 g/mol. The van der Waals surface area contributed by atoms with E-state index in [1.54, 1.807) is 6.92 Å². The highest BCUT2D eigenvalue weighted by atomic mass is 32.2. The lowest BCUT2D eigenvalue weighted by molar-refractivity contribution is -0.0435. The second kappa shape index (κ2) is 5.79. The SMILES string of the molecule is CC[C@@H](CO)Nc1ccccc1S(=O)(=O)C(F)(F)F. The fraction of sp³-hybridized carbons (Fsp3) is 0.455. The van der Waals surface area contributed by atoms with E-state index in [1.807, 2.05) is 0 Å². The molecule has 0 aliphatic heterocycles. The summed E-state index contributed by atoms with van der Waals surface area (Å²) < 4.78 is 60.4. The summed E-state index contributed by atoms with van der Waals surface area (Å²) >= 11 is 0. The quantitative estimate of drug-likeness (QED) is 0.874. The third-order valence-corrected chi connectivity index (χ3v) is 4.10. The van der Waals surface area contributed by atoms with Crippen LogP contribution in [0, 0.1) is 0 Å². The predicted molar refractivity (Wildman–Crippen MR) is 64.5 cm³/mol. The summed E-state index contributed by atoms with van der Waals surface area (Å²) in [7, 11) is -5.41. The Labute approximate surface area is 109 Å². The molecular weight excluding hydrogens is 283 g/mol. The predicted octanol–water partition coefficient (Wildman–Crippen LogP) is 2.16. The average Bonchev–Trinajstić information content (AvgIpc) is 2.35. The number of sulfone groups is 1. The summed E-state index contributed by atoms with van der Waals surface area (Å²) in [6.07, 6.45) is 0.441. The highest BCUT2D eigenvalue weighted by molar-refractivity contribution is 7.92. The summed E-state index contributed by atoms with van der Waals surface area (Å²) in [5.41, 5.74) is -5.52. The molecule has 2 N–H and O–H groups in total. The molecular formula is C11H14F3NO3S. The second-order valence-corrected chi connectivity index (χ2v) is 5.79. The topological polar surface area (TPSA) is 66.4 Å². The van der Waals surface area contributed by atoms with Crippen LogP contribution in [0.3, 0.4) is 0 Å². The molecule has 0 amide bonds. The third-order valence-electron chi connectivity index (χ3n) is 2.55. The van der Waals surface area contributed by atoms with Gasteiger partial charge in [-0.05, 0) is 18.6 Å². The maximum atomic E-state index is 12.5. The Balaban J connectivity index is 3.24. The number of aliphatic hydroxyl groups is 1. The molecule has 1 aromatic rings. The minimum absolute atomic E-state index is 0.166. The van der Waals surface area contributed by atoms with Gasteiger partial charge >= 0.3 is 5.51 Å². The first-order valence-corrected chi connectivity index (χ1v) is 7.00. The number of hydrogen-bond acceptors (Lipinski definition) is 4. The van der Waals surface area contributed by atoms with Gasteiger partial charge in [-0.3, -0.25) is 0 Å². The Morgan fingerprint density at radius 3 is 2.37 bits per heavy atom. The Kier molecular flexibility index (Phi) is 4.81. The van der Waals surface area contributed by atoms with Crippen molar-refractivity contribution < 1.29 is 26.7 Å². The molecule has 0 aliphatic carbocycles. The second-order valence-electron chi connectivity index (χ2n) is 3.88. The Hall–Kier alpha value is -1.28. The lowest BCUT2D eigenvalue weighted by Gasteiger charge is -2.19. The standard InChI is InChI=1S/C11H14F3NO3S/c1-2-8(7-16)15-9-5-3-4-6-10(9)19(17,18)11(12,13)14/h3-6,8,15-16H,2,7H2,1H3/t8-/m0/s1. The number of hydrogen-bond donors (Lipinski definition) is 2.